The van der Waals surface area contributed by atoms with E-state index in [1.54, 1.807) is 24.6 Å². The fourth-order valence-corrected chi connectivity index (χ4v) is 2.49. The highest BCUT2D eigenvalue weighted by Gasteiger charge is 2.10. The number of hydrogen-bond donors (Lipinski definition) is 1. The molecule has 0 aliphatic heterocycles. The first-order valence-corrected chi connectivity index (χ1v) is 7.96. The van der Waals surface area contributed by atoms with Crippen molar-refractivity contribution in [3.8, 4) is 5.75 Å². The van der Waals surface area contributed by atoms with E-state index < -0.39 is 0 Å². The van der Waals surface area contributed by atoms with Gasteiger partial charge in [0, 0.05) is 24.1 Å². The second-order valence-electron chi connectivity index (χ2n) is 4.57. The van der Waals surface area contributed by atoms with Crippen molar-refractivity contribution in [1.29, 1.82) is 0 Å². The van der Waals surface area contributed by atoms with E-state index in [9.17, 15) is 4.79 Å². The third kappa shape index (κ3) is 4.69. The number of amides is 1. The second-order valence-corrected chi connectivity index (χ2v) is 5.92. The smallest absolute Gasteiger partial charge is 0.270 e. The lowest BCUT2D eigenvalue weighted by atomic mass is 10.2. The van der Waals surface area contributed by atoms with Gasteiger partial charge in [-0.05, 0) is 30.7 Å². The summed E-state index contributed by atoms with van der Waals surface area (Å²) in [5.41, 5.74) is 1.35. The highest BCUT2D eigenvalue weighted by molar-refractivity contribution is 7.09. The zero-order valence-electron chi connectivity index (χ0n) is 12.4. The van der Waals surface area contributed by atoms with Crippen molar-refractivity contribution in [2.75, 3.05) is 20.3 Å². The Morgan fingerprint density at radius 3 is 3.00 bits per heavy atom. The van der Waals surface area contributed by atoms with Crippen LogP contribution in [0.15, 0.2) is 23.6 Å². The van der Waals surface area contributed by atoms with Crippen LogP contribution in [0.3, 0.4) is 0 Å². The van der Waals surface area contributed by atoms with Gasteiger partial charge in [0.2, 0.25) is 0 Å². The van der Waals surface area contributed by atoms with Gasteiger partial charge in [-0.2, -0.15) is 0 Å². The number of methoxy groups -OCH3 is 1. The van der Waals surface area contributed by atoms with Crippen molar-refractivity contribution in [3.05, 3.63) is 44.9 Å². The maximum atomic E-state index is 11.8. The number of carbonyl (C=O) groups is 1. The Kier molecular flexibility index (Phi) is 6.18. The Morgan fingerprint density at radius 1 is 1.45 bits per heavy atom. The summed E-state index contributed by atoms with van der Waals surface area (Å²) >= 11 is 7.36. The van der Waals surface area contributed by atoms with E-state index in [-0.39, 0.29) is 5.91 Å². The van der Waals surface area contributed by atoms with Gasteiger partial charge >= 0.3 is 0 Å². The van der Waals surface area contributed by atoms with Crippen molar-refractivity contribution < 1.29 is 14.3 Å². The number of aromatic nitrogens is 1. The van der Waals surface area contributed by atoms with Crippen LogP contribution in [0, 0.1) is 6.92 Å². The minimum absolute atomic E-state index is 0.207. The predicted octanol–water partition coefficient (Wildman–Crippen LogP) is 3.06. The van der Waals surface area contributed by atoms with Gasteiger partial charge in [-0.3, -0.25) is 4.79 Å². The molecule has 1 N–H and O–H groups in total. The quantitative estimate of drug-likeness (QED) is 0.787. The molecule has 0 saturated heterocycles. The van der Waals surface area contributed by atoms with E-state index >= 15 is 0 Å². The van der Waals surface area contributed by atoms with Crippen LogP contribution >= 0.6 is 22.9 Å². The molecule has 1 aromatic carbocycles. The maximum absolute atomic E-state index is 11.8. The number of hydrogen-bond acceptors (Lipinski definition) is 5. The number of rotatable bonds is 7. The van der Waals surface area contributed by atoms with Crippen LogP contribution in [0.2, 0.25) is 5.02 Å². The Balaban J connectivity index is 1.88. The molecule has 1 heterocycles. The topological polar surface area (TPSA) is 60.5 Å². The molecular weight excluding hydrogens is 324 g/mol. The monoisotopic (exact) mass is 340 g/mol. The number of ether oxygens (including phenoxy) is 2. The fourth-order valence-electron chi connectivity index (χ4n) is 1.69. The molecule has 0 bridgehead atoms. The molecule has 0 aliphatic rings. The zero-order chi connectivity index (χ0) is 15.9. The molecule has 2 aromatic rings. The lowest BCUT2D eigenvalue weighted by molar-refractivity contribution is 0.0932. The number of aryl methyl sites for hydroxylation is 1. The molecule has 1 aromatic heterocycles. The summed E-state index contributed by atoms with van der Waals surface area (Å²) in [5, 5.41) is 5.89. The van der Waals surface area contributed by atoms with E-state index in [4.69, 9.17) is 21.1 Å². The summed E-state index contributed by atoms with van der Waals surface area (Å²) in [4.78, 5) is 16.1. The fraction of sp³-hybridized carbons (Fsp3) is 0.333. The summed E-state index contributed by atoms with van der Waals surface area (Å²) in [6.45, 7) is 3.17. The van der Waals surface area contributed by atoms with Gasteiger partial charge in [-0.1, -0.05) is 11.6 Å². The van der Waals surface area contributed by atoms with Gasteiger partial charge in [0.05, 0.1) is 6.61 Å². The molecular formula is C15H17ClN2O3S. The molecule has 0 radical (unpaired) electrons. The first-order chi connectivity index (χ1) is 10.6. The first kappa shape index (κ1) is 16.7. The van der Waals surface area contributed by atoms with Crippen LogP contribution in [0.5, 0.6) is 5.75 Å². The minimum atomic E-state index is -0.207. The molecule has 0 unspecified atom stereocenters. The summed E-state index contributed by atoms with van der Waals surface area (Å²) in [7, 11) is 1.59. The van der Waals surface area contributed by atoms with E-state index in [0.717, 1.165) is 16.3 Å². The Morgan fingerprint density at radius 2 is 2.27 bits per heavy atom. The molecule has 0 fully saturated rings. The van der Waals surface area contributed by atoms with Gasteiger partial charge in [0.15, 0.2) is 0 Å². The average molecular weight is 341 g/mol. The van der Waals surface area contributed by atoms with E-state index in [1.165, 1.54) is 11.3 Å². The van der Waals surface area contributed by atoms with Crippen LogP contribution in [0.1, 0.15) is 21.1 Å². The normalized spacial score (nSPS) is 10.5. The number of thiazole rings is 1. The SMILES string of the molecule is COCCNC(=O)c1csc(COc2ccc(Cl)c(C)c2)n1. The van der Waals surface area contributed by atoms with Crippen LogP contribution in [-0.2, 0) is 11.3 Å². The second kappa shape index (κ2) is 8.12. The molecule has 0 atom stereocenters. The lowest BCUT2D eigenvalue weighted by Gasteiger charge is -2.05. The van der Waals surface area contributed by atoms with Gasteiger partial charge < -0.3 is 14.8 Å². The molecule has 2 rings (SSSR count). The van der Waals surface area contributed by atoms with Gasteiger partial charge in [0.25, 0.3) is 5.91 Å². The highest BCUT2D eigenvalue weighted by Crippen LogP contribution is 2.22. The number of nitrogens with one attached hydrogen (secondary N) is 1. The predicted molar refractivity (Wildman–Crippen MR) is 86.8 cm³/mol. The Labute approximate surface area is 138 Å². The number of halogens is 1. The zero-order valence-corrected chi connectivity index (χ0v) is 14.0. The van der Waals surface area contributed by atoms with Gasteiger partial charge in [-0.15, -0.1) is 11.3 Å². The maximum Gasteiger partial charge on any atom is 0.270 e. The molecule has 0 spiro atoms. The molecule has 0 saturated carbocycles. The van der Waals surface area contributed by atoms with Crippen molar-refractivity contribution in [2.45, 2.75) is 13.5 Å². The largest absolute Gasteiger partial charge is 0.486 e. The summed E-state index contributed by atoms with van der Waals surface area (Å²) in [6, 6.07) is 5.47. The van der Waals surface area contributed by atoms with Crippen LogP contribution in [0.4, 0.5) is 0 Å². The summed E-state index contributed by atoms with van der Waals surface area (Å²) in [5.74, 6) is 0.519. The van der Waals surface area contributed by atoms with Crippen LogP contribution < -0.4 is 10.1 Å². The third-order valence-corrected chi connectivity index (χ3v) is 4.11. The average Bonchev–Trinajstić information content (AvgIpc) is 2.98. The molecule has 7 heteroatoms. The molecule has 22 heavy (non-hydrogen) atoms. The number of benzene rings is 1. The van der Waals surface area contributed by atoms with E-state index in [2.05, 4.69) is 10.3 Å². The number of carbonyl (C=O) groups excluding carboxylic acids is 1. The highest BCUT2D eigenvalue weighted by atomic mass is 35.5. The van der Waals surface area contributed by atoms with Crippen molar-refractivity contribution >= 4 is 28.8 Å². The number of nitrogens with zero attached hydrogens (tertiary/aromatic N) is 1. The molecule has 1 amide bonds. The van der Waals surface area contributed by atoms with E-state index in [0.29, 0.717) is 30.5 Å². The van der Waals surface area contributed by atoms with E-state index in [1.807, 2.05) is 13.0 Å². The van der Waals surface area contributed by atoms with Crippen molar-refractivity contribution in [1.82, 2.24) is 10.3 Å². The first-order valence-electron chi connectivity index (χ1n) is 6.70. The van der Waals surface area contributed by atoms with Crippen molar-refractivity contribution in [3.63, 3.8) is 0 Å². The third-order valence-electron chi connectivity index (χ3n) is 2.87. The van der Waals surface area contributed by atoms with Gasteiger partial charge in [-0.25, -0.2) is 4.98 Å². The Bertz CT molecular complexity index is 645. The summed E-state index contributed by atoms with van der Waals surface area (Å²) in [6.07, 6.45) is 0. The van der Waals surface area contributed by atoms with Crippen LogP contribution in [-0.4, -0.2) is 31.2 Å². The van der Waals surface area contributed by atoms with Crippen LogP contribution in [0.25, 0.3) is 0 Å². The summed E-state index contributed by atoms with van der Waals surface area (Å²) < 4.78 is 10.5. The van der Waals surface area contributed by atoms with Crippen molar-refractivity contribution in [2.24, 2.45) is 0 Å². The minimum Gasteiger partial charge on any atom is -0.486 e. The Hall–Kier alpha value is -1.63. The molecule has 5 nitrogen and oxygen atoms in total. The lowest BCUT2D eigenvalue weighted by Crippen LogP contribution is -2.27. The standard InChI is InChI=1S/C15H17ClN2O3S/c1-10-7-11(3-4-12(10)16)21-8-14-18-13(9-22-14)15(19)17-5-6-20-2/h3-4,7,9H,5-6,8H2,1-2H3,(H,17,19). The van der Waals surface area contributed by atoms with Gasteiger partial charge in [0.1, 0.15) is 23.1 Å². The molecule has 0 aliphatic carbocycles. The molecule has 118 valence electrons.